The van der Waals surface area contributed by atoms with Crippen LogP contribution in [-0.2, 0) is 4.74 Å². The summed E-state index contributed by atoms with van der Waals surface area (Å²) in [5.41, 5.74) is 1.03. The summed E-state index contributed by atoms with van der Waals surface area (Å²) < 4.78 is 11.2. The monoisotopic (exact) mass is 279 g/mol. The zero-order valence-corrected chi connectivity index (χ0v) is 12.6. The lowest BCUT2D eigenvalue weighted by Gasteiger charge is -2.40. The van der Waals surface area contributed by atoms with Crippen LogP contribution in [0.2, 0.25) is 0 Å². The van der Waals surface area contributed by atoms with Crippen molar-refractivity contribution in [3.8, 4) is 5.88 Å². The van der Waals surface area contributed by atoms with Crippen molar-refractivity contribution in [3.05, 3.63) is 23.9 Å². The molecular weight excluding hydrogens is 254 g/mol. The van der Waals surface area contributed by atoms with Crippen LogP contribution in [0.1, 0.15) is 25.1 Å². The lowest BCUT2D eigenvalue weighted by Crippen LogP contribution is -2.49. The Morgan fingerprint density at radius 3 is 3.05 bits per heavy atom. The second-order valence-electron chi connectivity index (χ2n) is 5.05. The number of ether oxygens (including phenoxy) is 2. The lowest BCUT2D eigenvalue weighted by molar-refractivity contribution is -0.0718. The second kappa shape index (κ2) is 7.57. The van der Waals surface area contributed by atoms with E-state index in [2.05, 4.69) is 28.2 Å². The molecule has 0 aromatic carbocycles. The summed E-state index contributed by atoms with van der Waals surface area (Å²) >= 11 is 0. The first kappa shape index (κ1) is 15.2. The first-order valence-electron chi connectivity index (χ1n) is 7.31. The van der Waals surface area contributed by atoms with E-state index < -0.39 is 0 Å². The Balaban J connectivity index is 2.27. The molecule has 0 spiro atoms. The normalized spacial score (nSPS) is 23.8. The molecule has 5 nitrogen and oxygen atoms in total. The fourth-order valence-electron chi connectivity index (χ4n) is 2.78. The summed E-state index contributed by atoms with van der Waals surface area (Å²) in [4.78, 5) is 7.07. The van der Waals surface area contributed by atoms with Crippen molar-refractivity contribution >= 4 is 0 Å². The summed E-state index contributed by atoms with van der Waals surface area (Å²) in [5.74, 6) is 0.660. The predicted molar refractivity (Wildman–Crippen MR) is 79.1 cm³/mol. The molecule has 1 fully saturated rings. The maximum Gasteiger partial charge on any atom is 0.213 e. The molecule has 5 heteroatoms. The molecule has 0 aliphatic carbocycles. The van der Waals surface area contributed by atoms with Crippen LogP contribution >= 0.6 is 0 Å². The van der Waals surface area contributed by atoms with Gasteiger partial charge in [-0.1, -0.05) is 13.0 Å². The molecule has 2 atom stereocenters. The molecule has 2 rings (SSSR count). The first-order chi connectivity index (χ1) is 9.80. The van der Waals surface area contributed by atoms with Gasteiger partial charge in [0.25, 0.3) is 0 Å². The zero-order chi connectivity index (χ0) is 14.4. The standard InChI is InChI=1S/C15H25N3O2/c1-4-8-18-9-10-20-13(11-16-2)15(18)12-6-5-7-14(17-12)19-3/h5-7,13,15-16H,4,8-11H2,1-3H3. The summed E-state index contributed by atoms with van der Waals surface area (Å²) in [7, 11) is 3.61. The van der Waals surface area contributed by atoms with Gasteiger partial charge in [0.15, 0.2) is 0 Å². The van der Waals surface area contributed by atoms with Crippen LogP contribution in [0.3, 0.4) is 0 Å². The molecule has 0 radical (unpaired) electrons. The van der Waals surface area contributed by atoms with Crippen molar-refractivity contribution in [2.24, 2.45) is 0 Å². The Morgan fingerprint density at radius 2 is 2.35 bits per heavy atom. The molecule has 1 aromatic rings. The highest BCUT2D eigenvalue weighted by atomic mass is 16.5. The predicted octanol–water partition coefficient (Wildman–Crippen LogP) is 1.46. The molecule has 2 heterocycles. The van der Waals surface area contributed by atoms with Gasteiger partial charge in [0.2, 0.25) is 5.88 Å². The topological polar surface area (TPSA) is 46.6 Å². The molecule has 1 aromatic heterocycles. The van der Waals surface area contributed by atoms with E-state index in [1.54, 1.807) is 7.11 Å². The Kier molecular flexibility index (Phi) is 5.76. The fourth-order valence-corrected chi connectivity index (χ4v) is 2.78. The van der Waals surface area contributed by atoms with E-state index in [0.717, 1.165) is 38.4 Å². The van der Waals surface area contributed by atoms with Crippen LogP contribution in [0.4, 0.5) is 0 Å². The van der Waals surface area contributed by atoms with Gasteiger partial charge in [0.1, 0.15) is 0 Å². The summed E-state index contributed by atoms with van der Waals surface area (Å²) in [6.45, 7) is 5.83. The number of rotatable bonds is 6. The van der Waals surface area contributed by atoms with Gasteiger partial charge in [0.05, 0.1) is 31.6 Å². The van der Waals surface area contributed by atoms with Crippen LogP contribution in [0.25, 0.3) is 0 Å². The van der Waals surface area contributed by atoms with Gasteiger partial charge in [-0.25, -0.2) is 4.98 Å². The quantitative estimate of drug-likeness (QED) is 0.854. The van der Waals surface area contributed by atoms with Gasteiger partial charge in [-0.05, 0) is 26.1 Å². The largest absolute Gasteiger partial charge is 0.481 e. The Labute approximate surface area is 121 Å². The van der Waals surface area contributed by atoms with E-state index in [4.69, 9.17) is 9.47 Å². The summed E-state index contributed by atoms with van der Waals surface area (Å²) in [5, 5.41) is 3.22. The van der Waals surface area contributed by atoms with Crippen LogP contribution in [0.15, 0.2) is 18.2 Å². The molecule has 20 heavy (non-hydrogen) atoms. The van der Waals surface area contributed by atoms with Gasteiger partial charge in [-0.3, -0.25) is 4.90 Å². The third-order valence-electron chi connectivity index (χ3n) is 3.63. The van der Waals surface area contributed by atoms with Crippen LogP contribution < -0.4 is 10.1 Å². The third-order valence-corrected chi connectivity index (χ3v) is 3.63. The van der Waals surface area contributed by atoms with E-state index in [0.29, 0.717) is 5.88 Å². The molecule has 1 saturated heterocycles. The van der Waals surface area contributed by atoms with Gasteiger partial charge in [-0.2, -0.15) is 0 Å². The first-order valence-corrected chi connectivity index (χ1v) is 7.31. The molecule has 0 bridgehead atoms. The minimum atomic E-state index is 0.125. The fraction of sp³-hybridized carbons (Fsp3) is 0.667. The van der Waals surface area contributed by atoms with E-state index >= 15 is 0 Å². The van der Waals surface area contributed by atoms with Crippen LogP contribution in [0.5, 0.6) is 5.88 Å². The third kappa shape index (κ3) is 3.48. The SMILES string of the molecule is CCCN1CCOC(CNC)C1c1cccc(OC)n1. The van der Waals surface area contributed by atoms with Crippen molar-refractivity contribution in [2.75, 3.05) is 40.4 Å². The zero-order valence-electron chi connectivity index (χ0n) is 12.6. The number of aromatic nitrogens is 1. The van der Waals surface area contributed by atoms with E-state index in [9.17, 15) is 0 Å². The summed E-state index contributed by atoms with van der Waals surface area (Å²) in [6, 6.07) is 6.12. The molecule has 112 valence electrons. The average molecular weight is 279 g/mol. The highest BCUT2D eigenvalue weighted by Gasteiger charge is 2.33. The number of hydrogen-bond donors (Lipinski definition) is 1. The van der Waals surface area contributed by atoms with Crippen LogP contribution in [-0.4, -0.2) is 56.4 Å². The molecular formula is C15H25N3O2. The van der Waals surface area contributed by atoms with Crippen molar-refractivity contribution in [3.63, 3.8) is 0 Å². The van der Waals surface area contributed by atoms with E-state index in [1.807, 2.05) is 19.2 Å². The Hall–Kier alpha value is -1.17. The number of nitrogens with one attached hydrogen (secondary N) is 1. The van der Waals surface area contributed by atoms with Crippen molar-refractivity contribution in [1.82, 2.24) is 15.2 Å². The Bertz CT molecular complexity index is 396. The molecule has 1 aliphatic heterocycles. The number of methoxy groups -OCH3 is 1. The number of nitrogens with zero attached hydrogens (tertiary/aromatic N) is 2. The smallest absolute Gasteiger partial charge is 0.213 e. The average Bonchev–Trinajstić information content (AvgIpc) is 2.48. The molecule has 2 unspecified atom stereocenters. The molecule has 1 aliphatic rings. The van der Waals surface area contributed by atoms with Crippen molar-refractivity contribution in [1.29, 1.82) is 0 Å². The number of morpholine rings is 1. The molecule has 0 saturated carbocycles. The van der Waals surface area contributed by atoms with E-state index in [-0.39, 0.29) is 12.1 Å². The van der Waals surface area contributed by atoms with Crippen molar-refractivity contribution < 1.29 is 9.47 Å². The second-order valence-corrected chi connectivity index (χ2v) is 5.05. The minimum absolute atomic E-state index is 0.125. The van der Waals surface area contributed by atoms with E-state index in [1.165, 1.54) is 0 Å². The van der Waals surface area contributed by atoms with Crippen LogP contribution in [0, 0.1) is 0 Å². The highest BCUT2D eigenvalue weighted by molar-refractivity contribution is 5.20. The lowest BCUT2D eigenvalue weighted by atomic mass is 10.0. The minimum Gasteiger partial charge on any atom is -0.481 e. The molecule has 0 amide bonds. The van der Waals surface area contributed by atoms with Crippen molar-refractivity contribution in [2.45, 2.75) is 25.5 Å². The van der Waals surface area contributed by atoms with Gasteiger partial charge in [-0.15, -0.1) is 0 Å². The maximum atomic E-state index is 5.95. The number of pyridine rings is 1. The van der Waals surface area contributed by atoms with Gasteiger partial charge < -0.3 is 14.8 Å². The van der Waals surface area contributed by atoms with Gasteiger partial charge >= 0.3 is 0 Å². The maximum absolute atomic E-state index is 5.95. The summed E-state index contributed by atoms with van der Waals surface area (Å²) in [6.07, 6.45) is 1.26. The number of likely N-dealkylation sites (N-methyl/N-ethyl adjacent to an activating group) is 1. The number of hydrogen-bond acceptors (Lipinski definition) is 5. The van der Waals surface area contributed by atoms with Gasteiger partial charge in [0, 0.05) is 19.2 Å². The molecule has 1 N–H and O–H groups in total. The Morgan fingerprint density at radius 1 is 1.50 bits per heavy atom. The highest BCUT2D eigenvalue weighted by Crippen LogP contribution is 2.29.